The number of nitrogens with zero attached hydrogens (tertiary/aromatic N) is 3. The molecule has 0 radical (unpaired) electrons. The molecule has 0 saturated carbocycles. The van der Waals surface area contributed by atoms with Gasteiger partial charge in [-0.05, 0) is 26.0 Å². The van der Waals surface area contributed by atoms with E-state index in [1.807, 2.05) is 55.5 Å². The lowest BCUT2D eigenvalue weighted by Crippen LogP contribution is -2.20. The van der Waals surface area contributed by atoms with E-state index in [0.717, 1.165) is 16.8 Å². The zero-order valence-corrected chi connectivity index (χ0v) is 18.3. The molecule has 6 nitrogen and oxygen atoms in total. The van der Waals surface area contributed by atoms with Gasteiger partial charge in [-0.25, -0.2) is 14.8 Å². The quantitative estimate of drug-likeness (QED) is 0.391. The molecule has 0 bridgehead atoms. The molecule has 2 heterocycles. The molecule has 0 spiro atoms. The van der Waals surface area contributed by atoms with Crippen molar-refractivity contribution in [3.63, 3.8) is 0 Å². The van der Waals surface area contributed by atoms with Crippen LogP contribution in [0.4, 0.5) is 0 Å². The maximum atomic E-state index is 13.0. The number of thiazole rings is 1. The average Bonchev–Trinajstić information content (AvgIpc) is 3.23. The summed E-state index contributed by atoms with van der Waals surface area (Å²) in [4.78, 5) is 34.4. The van der Waals surface area contributed by atoms with E-state index in [4.69, 9.17) is 4.74 Å². The number of hydrogen-bond acceptors (Lipinski definition) is 7. The highest BCUT2D eigenvalue weighted by molar-refractivity contribution is 7.09. The van der Waals surface area contributed by atoms with Crippen molar-refractivity contribution in [3.8, 4) is 17.3 Å². The monoisotopic (exact) mass is 441 g/mol. The Hall–Kier alpha value is -3.89. The number of rotatable bonds is 6. The molecule has 0 amide bonds. The van der Waals surface area contributed by atoms with Gasteiger partial charge < -0.3 is 4.74 Å². The van der Waals surface area contributed by atoms with E-state index in [2.05, 4.69) is 9.97 Å². The number of ether oxygens (including phenoxy) is 1. The Morgan fingerprint density at radius 1 is 1.09 bits per heavy atom. The maximum Gasteiger partial charge on any atom is 0.339 e. The number of carbonyl (C=O) groups is 2. The summed E-state index contributed by atoms with van der Waals surface area (Å²) in [6.45, 7) is 3.28. The van der Waals surface area contributed by atoms with Crippen LogP contribution in [0.2, 0.25) is 0 Å². The van der Waals surface area contributed by atoms with Gasteiger partial charge in [0.2, 0.25) is 0 Å². The Morgan fingerprint density at radius 3 is 2.53 bits per heavy atom. The van der Waals surface area contributed by atoms with Gasteiger partial charge in [0.25, 0.3) is 0 Å². The lowest BCUT2D eigenvalue weighted by atomic mass is 10.0. The molecule has 7 heteroatoms. The normalized spacial score (nSPS) is 11.7. The number of Topliss-reactive ketones (excluding diaryl/α,β-unsaturated/α-hetero) is 1. The fraction of sp³-hybridized carbons (Fsp3) is 0.160. The van der Waals surface area contributed by atoms with Crippen molar-refractivity contribution in [2.45, 2.75) is 19.8 Å². The van der Waals surface area contributed by atoms with Crippen LogP contribution in [0.1, 0.15) is 32.5 Å². The number of fused-ring (bicyclic) bond motifs is 1. The molecule has 1 unspecified atom stereocenters. The Labute approximate surface area is 189 Å². The molecule has 0 aliphatic rings. The second kappa shape index (κ2) is 9.08. The summed E-state index contributed by atoms with van der Waals surface area (Å²) in [6.07, 6.45) is 0. The second-order valence-electron chi connectivity index (χ2n) is 7.37. The minimum atomic E-state index is -1.06. The summed E-state index contributed by atoms with van der Waals surface area (Å²) < 4.78 is 5.33. The van der Waals surface area contributed by atoms with Crippen LogP contribution in [-0.4, -0.2) is 28.3 Å². The zero-order valence-electron chi connectivity index (χ0n) is 17.5. The van der Waals surface area contributed by atoms with Gasteiger partial charge in [-0.3, -0.25) is 4.79 Å². The van der Waals surface area contributed by atoms with Gasteiger partial charge in [-0.15, -0.1) is 11.3 Å². The van der Waals surface area contributed by atoms with Gasteiger partial charge in [-0.2, -0.15) is 5.26 Å². The number of esters is 1. The highest BCUT2D eigenvalue weighted by Gasteiger charge is 2.25. The van der Waals surface area contributed by atoms with Crippen LogP contribution in [0.15, 0.2) is 60.0 Å². The number of para-hydroxylation sites is 1. The van der Waals surface area contributed by atoms with Crippen LogP contribution >= 0.6 is 11.3 Å². The standard InChI is InChI=1S/C25H19N3O3S/c1-15-7-9-17(10-8-15)22-11-19(18-5-3-4-6-21(18)28-22)25(30)31-13-23(29)20(12-26)24-27-16(2)14-32-24/h3-11,14,20H,13H2,1-2H3. The molecule has 0 fully saturated rings. The van der Waals surface area contributed by atoms with Crippen molar-refractivity contribution in [1.82, 2.24) is 9.97 Å². The molecule has 4 aromatic rings. The zero-order chi connectivity index (χ0) is 22.7. The number of hydrogen-bond donors (Lipinski definition) is 0. The van der Waals surface area contributed by atoms with Crippen molar-refractivity contribution in [2.75, 3.05) is 6.61 Å². The van der Waals surface area contributed by atoms with Crippen LogP contribution in [0.25, 0.3) is 22.2 Å². The molecule has 0 aliphatic carbocycles. The van der Waals surface area contributed by atoms with E-state index in [0.29, 0.717) is 27.2 Å². The van der Waals surface area contributed by atoms with E-state index < -0.39 is 24.3 Å². The van der Waals surface area contributed by atoms with Crippen molar-refractivity contribution >= 4 is 34.0 Å². The highest BCUT2D eigenvalue weighted by atomic mass is 32.1. The molecule has 0 N–H and O–H groups in total. The third kappa shape index (κ3) is 4.41. The second-order valence-corrected chi connectivity index (χ2v) is 8.26. The predicted octanol–water partition coefficient (Wildman–Crippen LogP) is 5.01. The van der Waals surface area contributed by atoms with E-state index in [-0.39, 0.29) is 0 Å². The summed E-state index contributed by atoms with van der Waals surface area (Å²) in [7, 11) is 0. The van der Waals surface area contributed by atoms with Gasteiger partial charge in [0.1, 0.15) is 5.01 Å². The number of aromatic nitrogens is 2. The third-order valence-electron chi connectivity index (χ3n) is 4.96. The molecule has 2 aromatic carbocycles. The number of nitriles is 1. The first-order valence-electron chi connectivity index (χ1n) is 9.94. The van der Waals surface area contributed by atoms with E-state index in [9.17, 15) is 14.9 Å². The van der Waals surface area contributed by atoms with Crippen LogP contribution in [0.3, 0.4) is 0 Å². The molecular formula is C25H19N3O3S. The van der Waals surface area contributed by atoms with Crippen LogP contribution in [0, 0.1) is 25.2 Å². The SMILES string of the molecule is Cc1ccc(-c2cc(C(=O)OCC(=O)C(C#N)c3nc(C)cs3)c3ccccc3n2)cc1. The first-order chi connectivity index (χ1) is 15.5. The molecule has 0 saturated heterocycles. The lowest BCUT2D eigenvalue weighted by Gasteiger charge is -2.11. The maximum absolute atomic E-state index is 13.0. The summed E-state index contributed by atoms with van der Waals surface area (Å²) in [6, 6.07) is 18.7. The van der Waals surface area contributed by atoms with E-state index >= 15 is 0 Å². The fourth-order valence-corrected chi connectivity index (χ4v) is 4.14. The first kappa shape index (κ1) is 21.3. The Bertz CT molecular complexity index is 1350. The minimum absolute atomic E-state index is 0.317. The van der Waals surface area contributed by atoms with Crippen molar-refractivity contribution in [1.29, 1.82) is 5.26 Å². The average molecular weight is 442 g/mol. The van der Waals surface area contributed by atoms with E-state index in [1.165, 1.54) is 11.3 Å². The van der Waals surface area contributed by atoms with Gasteiger partial charge in [0.05, 0.1) is 22.8 Å². The Kier molecular flexibility index (Phi) is 6.06. The molecule has 4 rings (SSSR count). The number of ketones is 1. The Morgan fingerprint density at radius 2 is 1.84 bits per heavy atom. The number of aryl methyl sites for hydroxylation is 2. The number of pyridine rings is 1. The van der Waals surface area contributed by atoms with Crippen molar-refractivity contribution in [2.24, 2.45) is 0 Å². The molecule has 2 aromatic heterocycles. The first-order valence-corrected chi connectivity index (χ1v) is 10.8. The van der Waals surface area contributed by atoms with Gasteiger partial charge >= 0.3 is 5.97 Å². The van der Waals surface area contributed by atoms with E-state index in [1.54, 1.807) is 24.4 Å². The summed E-state index contributed by atoms with van der Waals surface area (Å²) in [5.41, 5.74) is 4.33. The Balaban J connectivity index is 1.61. The van der Waals surface area contributed by atoms with Crippen molar-refractivity contribution < 1.29 is 14.3 Å². The van der Waals surface area contributed by atoms with Gasteiger partial charge in [0, 0.05) is 22.0 Å². The molecule has 0 aliphatic heterocycles. The smallest absolute Gasteiger partial charge is 0.339 e. The topological polar surface area (TPSA) is 92.9 Å². The molecule has 158 valence electrons. The molecule has 1 atom stereocenters. The highest BCUT2D eigenvalue weighted by Crippen LogP contribution is 2.26. The fourth-order valence-electron chi connectivity index (χ4n) is 3.28. The number of carbonyl (C=O) groups excluding carboxylic acids is 2. The third-order valence-corrected chi connectivity index (χ3v) is 5.99. The van der Waals surface area contributed by atoms with Crippen LogP contribution in [0.5, 0.6) is 0 Å². The number of benzene rings is 2. The summed E-state index contributed by atoms with van der Waals surface area (Å²) >= 11 is 1.24. The largest absolute Gasteiger partial charge is 0.454 e. The van der Waals surface area contributed by atoms with Crippen molar-refractivity contribution in [3.05, 3.63) is 81.8 Å². The van der Waals surface area contributed by atoms with Crippen LogP contribution < -0.4 is 0 Å². The summed E-state index contributed by atoms with van der Waals surface area (Å²) in [5.74, 6) is -2.21. The summed E-state index contributed by atoms with van der Waals surface area (Å²) in [5, 5.41) is 12.2. The minimum Gasteiger partial charge on any atom is -0.454 e. The molecular weight excluding hydrogens is 422 g/mol. The lowest BCUT2D eigenvalue weighted by molar-refractivity contribution is -0.122. The van der Waals surface area contributed by atoms with Crippen LogP contribution in [-0.2, 0) is 9.53 Å². The van der Waals surface area contributed by atoms with Gasteiger partial charge in [-0.1, -0.05) is 48.0 Å². The molecule has 32 heavy (non-hydrogen) atoms. The predicted molar refractivity (Wildman–Crippen MR) is 122 cm³/mol. The van der Waals surface area contributed by atoms with Gasteiger partial charge in [0.15, 0.2) is 18.3 Å².